The molecular formula is C20H21FN2O4S. The molecule has 28 heavy (non-hydrogen) atoms. The van der Waals surface area contributed by atoms with E-state index in [0.29, 0.717) is 24.0 Å². The Morgan fingerprint density at radius 1 is 1.18 bits per heavy atom. The average Bonchev–Trinajstić information content (AvgIpc) is 2.61. The molecule has 1 atom stereocenters. The highest BCUT2D eigenvalue weighted by molar-refractivity contribution is 7.92. The second-order valence-corrected chi connectivity index (χ2v) is 8.64. The van der Waals surface area contributed by atoms with Gasteiger partial charge in [-0.15, -0.1) is 0 Å². The highest BCUT2D eigenvalue weighted by Gasteiger charge is 2.33. The van der Waals surface area contributed by atoms with Gasteiger partial charge in [0, 0.05) is 12.5 Å². The Morgan fingerprint density at radius 2 is 1.82 bits per heavy atom. The van der Waals surface area contributed by atoms with Crippen LogP contribution >= 0.6 is 0 Å². The van der Waals surface area contributed by atoms with E-state index in [1.165, 1.54) is 19.1 Å². The lowest BCUT2D eigenvalue weighted by molar-refractivity contribution is -0.119. The van der Waals surface area contributed by atoms with Gasteiger partial charge in [-0.05, 0) is 56.0 Å². The summed E-state index contributed by atoms with van der Waals surface area (Å²) in [7, 11) is -4.01. The van der Waals surface area contributed by atoms with E-state index in [1.54, 1.807) is 19.1 Å². The van der Waals surface area contributed by atoms with Crippen LogP contribution in [-0.2, 0) is 21.2 Å². The number of hydrogen-bond acceptors (Lipinski definition) is 4. The molecule has 0 radical (unpaired) electrons. The van der Waals surface area contributed by atoms with Gasteiger partial charge in [0.1, 0.15) is 5.82 Å². The van der Waals surface area contributed by atoms with Crippen molar-refractivity contribution in [2.45, 2.75) is 44.6 Å². The van der Waals surface area contributed by atoms with Gasteiger partial charge in [-0.2, -0.15) is 0 Å². The summed E-state index contributed by atoms with van der Waals surface area (Å²) in [6.45, 7) is 4.69. The molecule has 1 unspecified atom stereocenters. The molecule has 0 spiro atoms. The molecule has 148 valence electrons. The van der Waals surface area contributed by atoms with Crippen LogP contribution in [0, 0.1) is 19.7 Å². The number of nitrogens with one attached hydrogen (secondary N) is 2. The van der Waals surface area contributed by atoms with Gasteiger partial charge in [0.15, 0.2) is 5.78 Å². The van der Waals surface area contributed by atoms with E-state index in [-0.39, 0.29) is 22.1 Å². The van der Waals surface area contributed by atoms with Crippen molar-refractivity contribution in [3.63, 3.8) is 0 Å². The largest absolute Gasteiger partial charge is 0.346 e. The maximum Gasteiger partial charge on any atom is 0.261 e. The van der Waals surface area contributed by atoms with Gasteiger partial charge in [-0.25, -0.2) is 12.8 Å². The molecule has 0 aliphatic heterocycles. The Balaban J connectivity index is 2.07. The van der Waals surface area contributed by atoms with Crippen LogP contribution in [-0.4, -0.2) is 26.2 Å². The first kappa shape index (κ1) is 20.0. The molecule has 0 bridgehead atoms. The van der Waals surface area contributed by atoms with Crippen LogP contribution in [0.5, 0.6) is 0 Å². The summed E-state index contributed by atoms with van der Waals surface area (Å²) < 4.78 is 42.3. The Labute approximate surface area is 163 Å². The van der Waals surface area contributed by atoms with E-state index in [4.69, 9.17) is 0 Å². The zero-order valence-corrected chi connectivity index (χ0v) is 16.6. The minimum atomic E-state index is -4.01. The maximum atomic E-state index is 14.4. The van der Waals surface area contributed by atoms with Gasteiger partial charge < -0.3 is 5.32 Å². The third kappa shape index (κ3) is 3.77. The number of ketones is 1. The predicted octanol–water partition coefficient (Wildman–Crippen LogP) is 2.88. The number of aryl methyl sites for hydroxylation is 1. The Morgan fingerprint density at radius 3 is 2.43 bits per heavy atom. The van der Waals surface area contributed by atoms with Crippen molar-refractivity contribution in [2.24, 2.45) is 0 Å². The number of fused-ring (bicyclic) bond motifs is 1. The van der Waals surface area contributed by atoms with Gasteiger partial charge in [-0.3, -0.25) is 14.3 Å². The van der Waals surface area contributed by atoms with Crippen molar-refractivity contribution in [1.82, 2.24) is 5.32 Å². The molecule has 2 aromatic carbocycles. The van der Waals surface area contributed by atoms with E-state index in [0.717, 1.165) is 11.6 Å². The molecule has 8 heteroatoms. The maximum absolute atomic E-state index is 14.4. The zero-order chi connectivity index (χ0) is 20.6. The summed E-state index contributed by atoms with van der Waals surface area (Å²) in [5.41, 5.74) is 1.67. The standard InChI is InChI=1S/C20H21FN2O4S/c1-11-4-6-14(7-5-11)28(26,27)23-18-10-16(21)12(2)15-8-9-17(22-13(3)24)20(25)19(15)18/h4-7,10,17,23H,8-9H2,1-3H3,(H,22,24). The predicted molar refractivity (Wildman–Crippen MR) is 103 cm³/mol. The number of carbonyl (C=O) groups is 2. The summed E-state index contributed by atoms with van der Waals surface area (Å²) in [5, 5.41) is 2.57. The van der Waals surface area contributed by atoms with Gasteiger partial charge in [0.05, 0.1) is 16.6 Å². The van der Waals surface area contributed by atoms with E-state index < -0.39 is 27.7 Å². The number of hydrogen-bond donors (Lipinski definition) is 2. The van der Waals surface area contributed by atoms with Crippen LogP contribution in [0.2, 0.25) is 0 Å². The topological polar surface area (TPSA) is 92.3 Å². The summed E-state index contributed by atoms with van der Waals surface area (Å²) in [4.78, 5) is 24.3. The Bertz CT molecular complexity index is 1060. The number of rotatable bonds is 4. The summed E-state index contributed by atoms with van der Waals surface area (Å²) in [6, 6.07) is 6.44. The Kier molecular flexibility index (Phi) is 5.25. The number of anilines is 1. The quantitative estimate of drug-likeness (QED) is 0.820. The first-order valence-corrected chi connectivity index (χ1v) is 10.3. The van der Waals surface area contributed by atoms with Crippen molar-refractivity contribution in [3.8, 4) is 0 Å². The monoisotopic (exact) mass is 404 g/mol. The van der Waals surface area contributed by atoms with Crippen LogP contribution in [0.25, 0.3) is 0 Å². The molecule has 1 aliphatic rings. The number of benzene rings is 2. The van der Waals surface area contributed by atoms with Crippen molar-refractivity contribution in [2.75, 3.05) is 4.72 Å². The van der Waals surface area contributed by atoms with Crippen molar-refractivity contribution >= 4 is 27.4 Å². The SMILES string of the molecule is CC(=O)NC1CCc2c(C)c(F)cc(NS(=O)(=O)c3ccc(C)cc3)c2C1=O. The molecular weight excluding hydrogens is 383 g/mol. The molecule has 0 fully saturated rings. The molecule has 0 saturated carbocycles. The number of sulfonamides is 1. The van der Waals surface area contributed by atoms with Crippen LogP contribution in [0.15, 0.2) is 35.2 Å². The zero-order valence-electron chi connectivity index (χ0n) is 15.8. The van der Waals surface area contributed by atoms with Crippen LogP contribution in [0.4, 0.5) is 10.1 Å². The molecule has 2 aromatic rings. The average molecular weight is 404 g/mol. The summed E-state index contributed by atoms with van der Waals surface area (Å²) >= 11 is 0. The van der Waals surface area contributed by atoms with E-state index in [1.807, 2.05) is 6.92 Å². The second kappa shape index (κ2) is 7.35. The van der Waals surface area contributed by atoms with Crippen molar-refractivity contribution < 1.29 is 22.4 Å². The molecule has 0 saturated heterocycles. The molecule has 3 rings (SSSR count). The number of amides is 1. The fourth-order valence-electron chi connectivity index (χ4n) is 3.37. The molecule has 1 aliphatic carbocycles. The van der Waals surface area contributed by atoms with Crippen LogP contribution < -0.4 is 10.0 Å². The molecule has 0 aromatic heterocycles. The highest BCUT2D eigenvalue weighted by Crippen LogP contribution is 2.33. The van der Waals surface area contributed by atoms with E-state index >= 15 is 0 Å². The van der Waals surface area contributed by atoms with Gasteiger partial charge >= 0.3 is 0 Å². The lowest BCUT2D eigenvalue weighted by Crippen LogP contribution is -2.43. The van der Waals surface area contributed by atoms with E-state index in [9.17, 15) is 22.4 Å². The first-order valence-electron chi connectivity index (χ1n) is 8.83. The minimum Gasteiger partial charge on any atom is -0.346 e. The van der Waals surface area contributed by atoms with Gasteiger partial charge in [0.25, 0.3) is 10.0 Å². The number of carbonyl (C=O) groups excluding carboxylic acids is 2. The smallest absolute Gasteiger partial charge is 0.261 e. The lowest BCUT2D eigenvalue weighted by atomic mass is 9.83. The van der Waals surface area contributed by atoms with Crippen LogP contribution in [0.1, 0.15) is 40.4 Å². The van der Waals surface area contributed by atoms with Gasteiger partial charge in [0.2, 0.25) is 5.91 Å². The van der Waals surface area contributed by atoms with Crippen molar-refractivity contribution in [1.29, 1.82) is 0 Å². The normalized spacial score (nSPS) is 16.4. The molecule has 2 N–H and O–H groups in total. The van der Waals surface area contributed by atoms with Gasteiger partial charge in [-0.1, -0.05) is 17.7 Å². The molecule has 1 amide bonds. The van der Waals surface area contributed by atoms with Crippen LogP contribution in [0.3, 0.4) is 0 Å². The fraction of sp³-hybridized carbons (Fsp3) is 0.300. The molecule has 0 heterocycles. The van der Waals surface area contributed by atoms with Crippen molar-refractivity contribution in [3.05, 3.63) is 58.4 Å². The lowest BCUT2D eigenvalue weighted by Gasteiger charge is -2.27. The Hall–Kier alpha value is -2.74. The summed E-state index contributed by atoms with van der Waals surface area (Å²) in [5.74, 6) is -1.38. The summed E-state index contributed by atoms with van der Waals surface area (Å²) in [6.07, 6.45) is 0.689. The third-order valence-electron chi connectivity index (χ3n) is 4.85. The second-order valence-electron chi connectivity index (χ2n) is 6.96. The third-order valence-corrected chi connectivity index (χ3v) is 6.23. The van der Waals surface area contributed by atoms with E-state index in [2.05, 4.69) is 10.0 Å². The first-order chi connectivity index (χ1) is 13.1. The minimum absolute atomic E-state index is 0.00880. The molecule has 6 nitrogen and oxygen atoms in total. The fourth-order valence-corrected chi connectivity index (χ4v) is 4.44. The number of Topliss-reactive ketones (excluding diaryl/α,β-unsaturated/α-hetero) is 1. The highest BCUT2D eigenvalue weighted by atomic mass is 32.2. The number of halogens is 1.